The Kier molecular flexibility index (Phi) is 3.24. The first-order valence-corrected chi connectivity index (χ1v) is 7.46. The number of fused-ring (bicyclic) bond motifs is 1. The van der Waals surface area contributed by atoms with Crippen molar-refractivity contribution in [3.8, 4) is 16.8 Å². The molecule has 0 N–H and O–H groups in total. The molecule has 0 spiro atoms. The van der Waals surface area contributed by atoms with E-state index in [1.165, 1.54) is 0 Å². The van der Waals surface area contributed by atoms with Crippen LogP contribution in [0.2, 0.25) is 0 Å². The summed E-state index contributed by atoms with van der Waals surface area (Å²) < 4.78 is 1.62. The van der Waals surface area contributed by atoms with Gasteiger partial charge in [-0.25, -0.2) is 4.98 Å². The van der Waals surface area contributed by atoms with Gasteiger partial charge in [0.05, 0.1) is 16.6 Å². The minimum Gasteiger partial charge on any atom is -0.268 e. The quantitative estimate of drug-likeness (QED) is 0.559. The predicted octanol–water partition coefficient (Wildman–Crippen LogP) is 4.05. The van der Waals surface area contributed by atoms with Gasteiger partial charge in [0.2, 0.25) is 0 Å². The fourth-order valence-electron chi connectivity index (χ4n) is 2.79. The molecule has 3 heteroatoms. The lowest BCUT2D eigenvalue weighted by Gasteiger charge is -2.12. The number of aromatic nitrogens is 2. The van der Waals surface area contributed by atoms with Gasteiger partial charge in [-0.15, -0.1) is 0 Å². The second kappa shape index (κ2) is 5.54. The molecule has 0 bridgehead atoms. The van der Waals surface area contributed by atoms with Crippen LogP contribution in [0.25, 0.3) is 27.7 Å². The van der Waals surface area contributed by atoms with Gasteiger partial charge in [-0.3, -0.25) is 9.36 Å². The molecule has 0 saturated carbocycles. The molecule has 1 aromatic heterocycles. The number of hydrogen-bond acceptors (Lipinski definition) is 2. The van der Waals surface area contributed by atoms with Crippen LogP contribution in [-0.2, 0) is 0 Å². The van der Waals surface area contributed by atoms with Crippen molar-refractivity contribution in [3.63, 3.8) is 0 Å². The van der Waals surface area contributed by atoms with Crippen molar-refractivity contribution >= 4 is 10.9 Å². The Balaban J connectivity index is 2.00. The molecule has 0 unspecified atom stereocenters. The highest BCUT2D eigenvalue weighted by Crippen LogP contribution is 2.25. The number of nitrogens with zero attached hydrogens (tertiary/aromatic N) is 2. The summed E-state index contributed by atoms with van der Waals surface area (Å²) >= 11 is 0. The summed E-state index contributed by atoms with van der Waals surface area (Å²) in [5.41, 5.74) is 3.57. The van der Waals surface area contributed by atoms with Crippen molar-refractivity contribution in [1.82, 2.24) is 9.55 Å². The van der Waals surface area contributed by atoms with Crippen LogP contribution in [-0.4, -0.2) is 9.55 Å². The van der Waals surface area contributed by atoms with Crippen LogP contribution >= 0.6 is 0 Å². The van der Waals surface area contributed by atoms with Gasteiger partial charge in [-0.05, 0) is 23.8 Å². The third-order valence-corrected chi connectivity index (χ3v) is 3.91. The Bertz CT molecular complexity index is 1040. The molecule has 3 aromatic carbocycles. The van der Waals surface area contributed by atoms with Gasteiger partial charge in [0, 0.05) is 5.56 Å². The van der Waals surface area contributed by atoms with Gasteiger partial charge in [0.25, 0.3) is 5.56 Å². The topological polar surface area (TPSA) is 34.9 Å². The number of rotatable bonds is 2. The SMILES string of the molecule is O=c1c2ccccc2ncn1-c1ccccc1-c1ccccc1. The van der Waals surface area contributed by atoms with Crippen molar-refractivity contribution in [2.75, 3.05) is 0 Å². The van der Waals surface area contributed by atoms with Crippen LogP contribution < -0.4 is 5.56 Å². The highest BCUT2D eigenvalue weighted by atomic mass is 16.1. The Labute approximate surface area is 133 Å². The normalized spacial score (nSPS) is 10.8. The van der Waals surface area contributed by atoms with Gasteiger partial charge in [-0.2, -0.15) is 0 Å². The smallest absolute Gasteiger partial charge is 0.265 e. The first-order valence-electron chi connectivity index (χ1n) is 7.46. The Morgan fingerprint density at radius 1 is 0.739 bits per heavy atom. The zero-order valence-electron chi connectivity index (χ0n) is 12.4. The third-order valence-electron chi connectivity index (χ3n) is 3.91. The van der Waals surface area contributed by atoms with Gasteiger partial charge < -0.3 is 0 Å². The van der Waals surface area contributed by atoms with Crippen LogP contribution in [0.4, 0.5) is 0 Å². The van der Waals surface area contributed by atoms with Crippen molar-refractivity contribution in [1.29, 1.82) is 0 Å². The summed E-state index contributed by atoms with van der Waals surface area (Å²) in [5.74, 6) is 0. The van der Waals surface area contributed by atoms with Gasteiger partial charge in [0.1, 0.15) is 6.33 Å². The standard InChI is InChI=1S/C20H14N2O/c23-20-17-11-4-6-12-18(17)21-14-22(20)19-13-7-5-10-16(19)15-8-2-1-3-9-15/h1-14H. The molecule has 0 fully saturated rings. The second-order valence-corrected chi connectivity index (χ2v) is 5.32. The summed E-state index contributed by atoms with van der Waals surface area (Å²) in [4.78, 5) is 17.3. The van der Waals surface area contributed by atoms with E-state index >= 15 is 0 Å². The van der Waals surface area contributed by atoms with Crippen molar-refractivity contribution in [2.24, 2.45) is 0 Å². The molecule has 0 amide bonds. The van der Waals surface area contributed by atoms with E-state index < -0.39 is 0 Å². The molecule has 3 nitrogen and oxygen atoms in total. The van der Waals surface area contributed by atoms with Crippen molar-refractivity contribution in [3.05, 3.63) is 95.5 Å². The summed E-state index contributed by atoms with van der Waals surface area (Å²) in [5, 5.41) is 0.623. The Hall–Kier alpha value is -3.20. The van der Waals surface area contributed by atoms with Crippen LogP contribution in [0.15, 0.2) is 90.0 Å². The maximum absolute atomic E-state index is 12.8. The molecule has 0 radical (unpaired) electrons. The zero-order valence-corrected chi connectivity index (χ0v) is 12.4. The molecule has 0 aliphatic carbocycles. The molecular weight excluding hydrogens is 284 g/mol. The van der Waals surface area contributed by atoms with Crippen LogP contribution in [0.5, 0.6) is 0 Å². The summed E-state index contributed by atoms with van der Waals surface area (Å²) in [6.45, 7) is 0. The van der Waals surface area contributed by atoms with E-state index in [0.29, 0.717) is 10.9 Å². The molecule has 4 aromatic rings. The monoisotopic (exact) mass is 298 g/mol. The molecule has 0 saturated heterocycles. The van der Waals surface area contributed by atoms with Gasteiger partial charge in [-0.1, -0.05) is 60.7 Å². The Morgan fingerprint density at radius 3 is 2.30 bits per heavy atom. The first-order chi connectivity index (χ1) is 11.3. The fraction of sp³-hybridized carbons (Fsp3) is 0. The minimum absolute atomic E-state index is 0.0565. The Morgan fingerprint density at radius 2 is 1.43 bits per heavy atom. The average Bonchev–Trinajstić information content (AvgIpc) is 2.63. The maximum atomic E-state index is 12.8. The largest absolute Gasteiger partial charge is 0.268 e. The lowest BCUT2D eigenvalue weighted by molar-refractivity contribution is 0.965. The lowest BCUT2D eigenvalue weighted by Crippen LogP contribution is -2.19. The molecule has 23 heavy (non-hydrogen) atoms. The van der Waals surface area contributed by atoms with E-state index in [1.807, 2.05) is 78.9 Å². The summed E-state index contributed by atoms with van der Waals surface area (Å²) in [6, 6.07) is 25.3. The predicted molar refractivity (Wildman–Crippen MR) is 92.8 cm³/mol. The van der Waals surface area contributed by atoms with Crippen LogP contribution in [0.3, 0.4) is 0 Å². The fourth-order valence-corrected chi connectivity index (χ4v) is 2.79. The number of hydrogen-bond donors (Lipinski definition) is 0. The third kappa shape index (κ3) is 2.32. The van der Waals surface area contributed by atoms with E-state index in [1.54, 1.807) is 10.9 Å². The van der Waals surface area contributed by atoms with Crippen LogP contribution in [0.1, 0.15) is 0 Å². The van der Waals surface area contributed by atoms with Crippen molar-refractivity contribution < 1.29 is 0 Å². The molecule has 4 rings (SSSR count). The second-order valence-electron chi connectivity index (χ2n) is 5.32. The maximum Gasteiger partial charge on any atom is 0.265 e. The molecule has 0 atom stereocenters. The van der Waals surface area contributed by atoms with Gasteiger partial charge >= 0.3 is 0 Å². The molecule has 0 aliphatic heterocycles. The summed E-state index contributed by atoms with van der Waals surface area (Å²) in [7, 11) is 0. The molecule has 1 heterocycles. The molecule has 110 valence electrons. The van der Waals surface area contributed by atoms with E-state index in [0.717, 1.165) is 16.8 Å². The first kappa shape index (κ1) is 13.5. The lowest BCUT2D eigenvalue weighted by atomic mass is 10.0. The molecular formula is C20H14N2O. The van der Waals surface area contributed by atoms with E-state index in [9.17, 15) is 4.79 Å². The highest BCUT2D eigenvalue weighted by Gasteiger charge is 2.10. The van der Waals surface area contributed by atoms with E-state index in [2.05, 4.69) is 4.98 Å². The zero-order chi connectivity index (χ0) is 15.6. The number of benzene rings is 3. The number of para-hydroxylation sites is 2. The van der Waals surface area contributed by atoms with E-state index in [-0.39, 0.29) is 5.56 Å². The van der Waals surface area contributed by atoms with Crippen molar-refractivity contribution in [2.45, 2.75) is 0 Å². The van der Waals surface area contributed by atoms with E-state index in [4.69, 9.17) is 0 Å². The minimum atomic E-state index is -0.0565. The highest BCUT2D eigenvalue weighted by molar-refractivity contribution is 5.79. The molecule has 0 aliphatic rings. The summed E-state index contributed by atoms with van der Waals surface area (Å²) in [6.07, 6.45) is 1.60. The van der Waals surface area contributed by atoms with Crippen LogP contribution in [0, 0.1) is 0 Å². The average molecular weight is 298 g/mol. The van der Waals surface area contributed by atoms with Gasteiger partial charge in [0.15, 0.2) is 0 Å².